The Bertz CT molecular complexity index is 1280. The highest BCUT2D eigenvalue weighted by molar-refractivity contribution is 7.98. The summed E-state index contributed by atoms with van der Waals surface area (Å²) in [5.74, 6) is 1.97. The van der Waals surface area contributed by atoms with Gasteiger partial charge in [0.05, 0.1) is 14.2 Å². The van der Waals surface area contributed by atoms with Crippen LogP contribution in [0.2, 0.25) is 5.02 Å². The van der Waals surface area contributed by atoms with Crippen molar-refractivity contribution in [1.29, 1.82) is 0 Å². The van der Waals surface area contributed by atoms with Crippen LogP contribution in [0.1, 0.15) is 11.1 Å². The van der Waals surface area contributed by atoms with Crippen molar-refractivity contribution in [3.05, 3.63) is 63.0 Å². The van der Waals surface area contributed by atoms with Gasteiger partial charge in [0, 0.05) is 27.8 Å². The van der Waals surface area contributed by atoms with Gasteiger partial charge in [-0.2, -0.15) is 0 Å². The van der Waals surface area contributed by atoms with Crippen LogP contribution in [0.5, 0.6) is 11.5 Å². The van der Waals surface area contributed by atoms with Crippen molar-refractivity contribution in [2.75, 3.05) is 14.2 Å². The molecule has 0 bridgehead atoms. The standard InChI is InChI=1S/C21H17ClN2O5S/c1-11-6-17-14(9-15(11)22)13(8-19(25)28-17)10-30-21-24-23-20(29-21)12-4-5-16(26-2)18(7-12)27-3/h4-9H,10H2,1-3H3. The minimum absolute atomic E-state index is 0.356. The molecule has 0 spiro atoms. The van der Waals surface area contributed by atoms with Crippen LogP contribution in [0.4, 0.5) is 0 Å². The van der Waals surface area contributed by atoms with Gasteiger partial charge in [-0.3, -0.25) is 0 Å². The van der Waals surface area contributed by atoms with Crippen molar-refractivity contribution in [2.24, 2.45) is 0 Å². The predicted molar refractivity (Wildman–Crippen MR) is 115 cm³/mol. The summed E-state index contributed by atoms with van der Waals surface area (Å²) in [5, 5.41) is 9.94. The largest absolute Gasteiger partial charge is 0.493 e. The average molecular weight is 445 g/mol. The maximum atomic E-state index is 11.9. The lowest BCUT2D eigenvalue weighted by atomic mass is 10.1. The van der Waals surface area contributed by atoms with Gasteiger partial charge >= 0.3 is 5.63 Å². The van der Waals surface area contributed by atoms with E-state index in [-0.39, 0.29) is 0 Å². The lowest BCUT2D eigenvalue weighted by Crippen LogP contribution is -2.00. The predicted octanol–water partition coefficient (Wildman–Crippen LogP) is 5.11. The van der Waals surface area contributed by atoms with Crippen molar-refractivity contribution in [1.82, 2.24) is 10.2 Å². The molecule has 9 heteroatoms. The fraction of sp³-hybridized carbons (Fsp3) is 0.190. The second-order valence-corrected chi connectivity index (χ2v) is 7.75. The summed E-state index contributed by atoms with van der Waals surface area (Å²) < 4.78 is 21.6. The number of aromatic nitrogens is 2. The first-order chi connectivity index (χ1) is 14.5. The summed E-state index contributed by atoms with van der Waals surface area (Å²) in [6.07, 6.45) is 0. The second-order valence-electron chi connectivity index (χ2n) is 6.42. The minimum Gasteiger partial charge on any atom is -0.493 e. The molecule has 154 valence electrons. The Morgan fingerprint density at radius 1 is 1.03 bits per heavy atom. The summed E-state index contributed by atoms with van der Waals surface area (Å²) in [6.45, 7) is 1.86. The molecule has 4 aromatic rings. The fourth-order valence-electron chi connectivity index (χ4n) is 2.96. The van der Waals surface area contributed by atoms with Crippen molar-refractivity contribution >= 4 is 34.3 Å². The molecule has 0 aliphatic carbocycles. The maximum absolute atomic E-state index is 11.9. The molecule has 7 nitrogen and oxygen atoms in total. The van der Waals surface area contributed by atoms with E-state index in [1.165, 1.54) is 17.8 Å². The zero-order valence-electron chi connectivity index (χ0n) is 16.4. The van der Waals surface area contributed by atoms with Crippen molar-refractivity contribution < 1.29 is 18.3 Å². The summed E-state index contributed by atoms with van der Waals surface area (Å²) in [7, 11) is 3.13. The molecule has 0 aliphatic heterocycles. The molecule has 0 unspecified atom stereocenters. The highest BCUT2D eigenvalue weighted by atomic mass is 35.5. The molecule has 0 saturated carbocycles. The van der Waals surface area contributed by atoms with Gasteiger partial charge in [-0.05, 0) is 48.4 Å². The molecule has 0 fully saturated rings. The van der Waals surface area contributed by atoms with Gasteiger partial charge in [-0.25, -0.2) is 4.79 Å². The Hall–Kier alpha value is -2.97. The summed E-state index contributed by atoms with van der Waals surface area (Å²) in [6, 6.07) is 10.4. The van der Waals surface area contributed by atoms with Crippen molar-refractivity contribution in [2.45, 2.75) is 17.9 Å². The average Bonchev–Trinajstić information content (AvgIpc) is 3.21. The third-order valence-electron chi connectivity index (χ3n) is 4.50. The summed E-state index contributed by atoms with van der Waals surface area (Å²) in [5.41, 5.74) is 2.40. The molecule has 2 heterocycles. The highest BCUT2D eigenvalue weighted by Crippen LogP contribution is 2.34. The van der Waals surface area contributed by atoms with Gasteiger partial charge < -0.3 is 18.3 Å². The number of rotatable bonds is 6. The maximum Gasteiger partial charge on any atom is 0.336 e. The van der Waals surface area contributed by atoms with Crippen LogP contribution in [-0.2, 0) is 5.75 Å². The molecular formula is C21H17ClN2O5S. The van der Waals surface area contributed by atoms with Crippen molar-refractivity contribution in [3.8, 4) is 23.0 Å². The van der Waals surface area contributed by atoms with Crippen LogP contribution >= 0.6 is 23.4 Å². The molecule has 30 heavy (non-hydrogen) atoms. The van der Waals surface area contributed by atoms with Crippen LogP contribution in [0.3, 0.4) is 0 Å². The van der Waals surface area contributed by atoms with Crippen molar-refractivity contribution in [3.63, 3.8) is 0 Å². The van der Waals surface area contributed by atoms with E-state index >= 15 is 0 Å². The molecule has 0 radical (unpaired) electrons. The molecule has 4 rings (SSSR count). The van der Waals surface area contributed by atoms with E-state index in [2.05, 4.69) is 10.2 Å². The first kappa shape index (κ1) is 20.3. The smallest absolute Gasteiger partial charge is 0.336 e. The zero-order chi connectivity index (χ0) is 21.3. The van der Waals surface area contributed by atoms with E-state index < -0.39 is 5.63 Å². The van der Waals surface area contributed by atoms with E-state index in [4.69, 9.17) is 29.9 Å². The molecular weight excluding hydrogens is 428 g/mol. The minimum atomic E-state index is -0.420. The third kappa shape index (κ3) is 4.01. The van der Waals surface area contributed by atoms with Crippen LogP contribution in [0, 0.1) is 6.92 Å². The Morgan fingerprint density at radius 3 is 2.60 bits per heavy atom. The van der Waals surface area contributed by atoms with Gasteiger partial charge in [0.15, 0.2) is 11.5 Å². The highest BCUT2D eigenvalue weighted by Gasteiger charge is 2.14. The molecule has 0 amide bonds. The number of methoxy groups -OCH3 is 2. The van der Waals surface area contributed by atoms with Gasteiger partial charge in [0.2, 0.25) is 5.89 Å². The van der Waals surface area contributed by atoms with Crippen LogP contribution in [-0.4, -0.2) is 24.4 Å². The monoisotopic (exact) mass is 444 g/mol. The second kappa shape index (κ2) is 8.41. The number of hydrogen-bond acceptors (Lipinski definition) is 8. The number of thioether (sulfide) groups is 1. The number of benzene rings is 2. The molecule has 0 N–H and O–H groups in total. The zero-order valence-corrected chi connectivity index (χ0v) is 18.0. The third-order valence-corrected chi connectivity index (χ3v) is 5.77. The normalized spacial score (nSPS) is 11.1. The van der Waals surface area contributed by atoms with E-state index in [1.807, 2.05) is 13.0 Å². The summed E-state index contributed by atoms with van der Waals surface area (Å²) >= 11 is 7.57. The Morgan fingerprint density at radius 2 is 1.83 bits per heavy atom. The first-order valence-electron chi connectivity index (χ1n) is 8.90. The van der Waals surface area contributed by atoms with Gasteiger partial charge in [-0.1, -0.05) is 23.4 Å². The lowest BCUT2D eigenvalue weighted by molar-refractivity contribution is 0.355. The lowest BCUT2D eigenvalue weighted by Gasteiger charge is -2.07. The van der Waals surface area contributed by atoms with E-state index in [1.54, 1.807) is 38.5 Å². The number of aryl methyl sites for hydroxylation is 1. The molecule has 0 saturated heterocycles. The number of hydrogen-bond donors (Lipinski definition) is 0. The topological polar surface area (TPSA) is 87.6 Å². The quantitative estimate of drug-likeness (QED) is 0.299. The van der Waals surface area contributed by atoms with Crippen LogP contribution in [0.25, 0.3) is 22.4 Å². The molecule has 0 aliphatic rings. The van der Waals surface area contributed by atoms with E-state index in [0.717, 1.165) is 16.5 Å². The number of halogens is 1. The number of nitrogens with zero attached hydrogens (tertiary/aromatic N) is 2. The fourth-order valence-corrected chi connectivity index (χ4v) is 3.88. The van der Waals surface area contributed by atoms with Gasteiger partial charge in [0.1, 0.15) is 5.58 Å². The van der Waals surface area contributed by atoms with E-state index in [0.29, 0.717) is 44.5 Å². The Kier molecular flexibility index (Phi) is 5.69. The Balaban J connectivity index is 1.58. The van der Waals surface area contributed by atoms with Gasteiger partial charge in [-0.15, -0.1) is 10.2 Å². The summed E-state index contributed by atoms with van der Waals surface area (Å²) in [4.78, 5) is 11.9. The Labute approximate surface area is 181 Å². The van der Waals surface area contributed by atoms with Crippen LogP contribution in [0.15, 0.2) is 55.2 Å². The SMILES string of the molecule is COc1ccc(-c2nnc(SCc3cc(=O)oc4cc(C)c(Cl)cc34)o2)cc1OC. The number of ether oxygens (including phenoxy) is 2. The van der Waals surface area contributed by atoms with E-state index in [9.17, 15) is 4.79 Å². The molecule has 2 aromatic heterocycles. The van der Waals surface area contributed by atoms with Gasteiger partial charge in [0.25, 0.3) is 5.22 Å². The molecule has 2 aromatic carbocycles. The first-order valence-corrected chi connectivity index (χ1v) is 10.3. The number of fused-ring (bicyclic) bond motifs is 1. The van der Waals surface area contributed by atoms with Crippen LogP contribution < -0.4 is 15.1 Å². The molecule has 0 atom stereocenters.